The molecule has 0 amide bonds. The molecule has 0 unspecified atom stereocenters. The highest BCUT2D eigenvalue weighted by molar-refractivity contribution is 5.85. The maximum atomic E-state index is 4.99. The maximum absolute atomic E-state index is 4.99. The van der Waals surface area contributed by atoms with E-state index in [1.165, 1.54) is 13.0 Å². The fourth-order valence-corrected chi connectivity index (χ4v) is 1.09. The summed E-state index contributed by atoms with van der Waals surface area (Å²) in [5.41, 5.74) is 0. The van der Waals surface area contributed by atoms with Gasteiger partial charge in [-0.2, -0.15) is 0 Å². The minimum atomic E-state index is 0. The standard InChI is InChI=1S/C6H13NO.ClH/c1-8-5-6-2-3-7-4-6;/h6-7H,2-5H2,1H3;1H/t6-;/m0./s1. The van der Waals surface area contributed by atoms with Crippen molar-refractivity contribution in [1.29, 1.82) is 0 Å². The first kappa shape index (κ1) is 9.21. The number of hydrogen-bond acceptors (Lipinski definition) is 2. The van der Waals surface area contributed by atoms with E-state index >= 15 is 0 Å². The summed E-state index contributed by atoms with van der Waals surface area (Å²) in [6.07, 6.45) is 1.29. The van der Waals surface area contributed by atoms with Crippen molar-refractivity contribution >= 4 is 12.4 Å². The van der Waals surface area contributed by atoms with Crippen molar-refractivity contribution in [3.63, 3.8) is 0 Å². The molecule has 1 heterocycles. The minimum Gasteiger partial charge on any atom is -0.384 e. The van der Waals surface area contributed by atoms with E-state index in [1.807, 2.05) is 0 Å². The van der Waals surface area contributed by atoms with E-state index < -0.39 is 0 Å². The van der Waals surface area contributed by atoms with Crippen molar-refractivity contribution in [3.8, 4) is 0 Å². The Hall–Kier alpha value is 0.210. The Kier molecular flexibility index (Phi) is 5.15. The van der Waals surface area contributed by atoms with E-state index in [2.05, 4.69) is 5.32 Å². The van der Waals surface area contributed by atoms with E-state index in [9.17, 15) is 0 Å². The molecule has 0 spiro atoms. The van der Waals surface area contributed by atoms with Crippen LogP contribution in [-0.2, 0) is 4.74 Å². The molecule has 0 radical (unpaired) electrons. The third kappa shape index (κ3) is 3.04. The van der Waals surface area contributed by atoms with Crippen molar-refractivity contribution in [2.45, 2.75) is 6.42 Å². The lowest BCUT2D eigenvalue weighted by Crippen LogP contribution is -2.12. The summed E-state index contributed by atoms with van der Waals surface area (Å²) in [5.74, 6) is 0.778. The zero-order valence-corrected chi connectivity index (χ0v) is 6.54. The number of ether oxygens (including phenoxy) is 1. The molecule has 1 aliphatic rings. The molecule has 0 bridgehead atoms. The fraction of sp³-hybridized carbons (Fsp3) is 1.00. The normalized spacial score (nSPS) is 25.7. The number of rotatable bonds is 2. The van der Waals surface area contributed by atoms with Crippen LogP contribution in [0.1, 0.15) is 6.42 Å². The molecular formula is C6H14ClNO. The first-order valence-electron chi connectivity index (χ1n) is 3.13. The molecule has 9 heavy (non-hydrogen) atoms. The van der Waals surface area contributed by atoms with Gasteiger partial charge in [0.15, 0.2) is 0 Å². The van der Waals surface area contributed by atoms with E-state index in [-0.39, 0.29) is 12.4 Å². The summed E-state index contributed by atoms with van der Waals surface area (Å²) in [6.45, 7) is 3.24. The Bertz CT molecular complexity index is 64.1. The van der Waals surface area contributed by atoms with Gasteiger partial charge in [-0.05, 0) is 18.9 Å². The highest BCUT2D eigenvalue weighted by Crippen LogP contribution is 2.05. The Balaban J connectivity index is 0.000000640. The molecule has 1 aliphatic heterocycles. The Morgan fingerprint density at radius 2 is 2.44 bits per heavy atom. The van der Waals surface area contributed by atoms with E-state index in [1.54, 1.807) is 7.11 Å². The smallest absolute Gasteiger partial charge is 0.0503 e. The average molecular weight is 152 g/mol. The van der Waals surface area contributed by atoms with E-state index in [0.29, 0.717) is 0 Å². The van der Waals surface area contributed by atoms with Crippen molar-refractivity contribution in [2.75, 3.05) is 26.8 Å². The van der Waals surface area contributed by atoms with Gasteiger partial charge in [-0.25, -0.2) is 0 Å². The van der Waals surface area contributed by atoms with Crippen LogP contribution in [0.2, 0.25) is 0 Å². The monoisotopic (exact) mass is 151 g/mol. The van der Waals surface area contributed by atoms with Gasteiger partial charge < -0.3 is 10.1 Å². The summed E-state index contributed by atoms with van der Waals surface area (Å²) >= 11 is 0. The van der Waals surface area contributed by atoms with Gasteiger partial charge in [-0.3, -0.25) is 0 Å². The predicted octanol–water partition coefficient (Wildman–Crippen LogP) is 0.664. The lowest BCUT2D eigenvalue weighted by molar-refractivity contribution is 0.160. The van der Waals surface area contributed by atoms with Gasteiger partial charge in [0.2, 0.25) is 0 Å². The zero-order chi connectivity index (χ0) is 5.82. The second-order valence-electron chi connectivity index (χ2n) is 2.31. The first-order valence-corrected chi connectivity index (χ1v) is 3.13. The molecule has 1 rings (SSSR count). The van der Waals surface area contributed by atoms with Crippen LogP contribution in [-0.4, -0.2) is 26.8 Å². The molecule has 1 saturated heterocycles. The summed E-state index contributed by atoms with van der Waals surface area (Å²) < 4.78 is 4.99. The average Bonchev–Trinajstić information content (AvgIpc) is 2.19. The van der Waals surface area contributed by atoms with Crippen LogP contribution in [0.5, 0.6) is 0 Å². The van der Waals surface area contributed by atoms with Crippen molar-refractivity contribution in [1.82, 2.24) is 5.32 Å². The molecule has 1 atom stereocenters. The minimum absolute atomic E-state index is 0. The lowest BCUT2D eigenvalue weighted by atomic mass is 10.1. The van der Waals surface area contributed by atoms with Gasteiger partial charge in [-0.1, -0.05) is 0 Å². The van der Waals surface area contributed by atoms with Crippen LogP contribution in [0, 0.1) is 5.92 Å². The van der Waals surface area contributed by atoms with Crippen LogP contribution in [0.4, 0.5) is 0 Å². The topological polar surface area (TPSA) is 21.3 Å². The molecule has 56 valence electrons. The Labute approximate surface area is 62.4 Å². The van der Waals surface area contributed by atoms with Crippen LogP contribution in [0.25, 0.3) is 0 Å². The lowest BCUT2D eigenvalue weighted by Gasteiger charge is -2.03. The van der Waals surface area contributed by atoms with Gasteiger partial charge >= 0.3 is 0 Å². The van der Waals surface area contributed by atoms with Crippen molar-refractivity contribution in [2.24, 2.45) is 5.92 Å². The van der Waals surface area contributed by atoms with Crippen molar-refractivity contribution in [3.05, 3.63) is 0 Å². The number of halogens is 1. The quantitative estimate of drug-likeness (QED) is 0.627. The molecule has 0 aliphatic carbocycles. The SMILES string of the molecule is COC[C@H]1CCNC1.Cl. The molecule has 1 fully saturated rings. The second-order valence-corrected chi connectivity index (χ2v) is 2.31. The van der Waals surface area contributed by atoms with Gasteiger partial charge in [0.1, 0.15) is 0 Å². The van der Waals surface area contributed by atoms with Crippen LogP contribution in [0.15, 0.2) is 0 Å². The van der Waals surface area contributed by atoms with Gasteiger partial charge in [0.25, 0.3) is 0 Å². The predicted molar refractivity (Wildman–Crippen MR) is 40.1 cm³/mol. The Morgan fingerprint density at radius 1 is 1.67 bits per heavy atom. The maximum Gasteiger partial charge on any atom is 0.0503 e. The third-order valence-electron chi connectivity index (χ3n) is 1.56. The second kappa shape index (κ2) is 5.03. The molecule has 0 saturated carbocycles. The highest BCUT2D eigenvalue weighted by Gasteiger charge is 2.12. The third-order valence-corrected chi connectivity index (χ3v) is 1.56. The van der Waals surface area contributed by atoms with Gasteiger partial charge in [-0.15, -0.1) is 12.4 Å². The largest absolute Gasteiger partial charge is 0.384 e. The summed E-state index contributed by atoms with van der Waals surface area (Å²) in [6, 6.07) is 0. The van der Waals surface area contributed by atoms with Crippen LogP contribution in [0.3, 0.4) is 0 Å². The van der Waals surface area contributed by atoms with E-state index in [4.69, 9.17) is 4.74 Å². The summed E-state index contributed by atoms with van der Waals surface area (Å²) in [7, 11) is 1.76. The highest BCUT2D eigenvalue weighted by atomic mass is 35.5. The molecule has 0 aromatic carbocycles. The molecule has 2 nitrogen and oxygen atoms in total. The molecule has 1 N–H and O–H groups in total. The molecule has 0 aromatic rings. The molecular weight excluding hydrogens is 138 g/mol. The fourth-order valence-electron chi connectivity index (χ4n) is 1.09. The molecule has 0 aromatic heterocycles. The van der Waals surface area contributed by atoms with Gasteiger partial charge in [0.05, 0.1) is 6.61 Å². The zero-order valence-electron chi connectivity index (χ0n) is 5.72. The summed E-state index contributed by atoms with van der Waals surface area (Å²) in [4.78, 5) is 0. The molecule has 3 heteroatoms. The number of nitrogens with one attached hydrogen (secondary N) is 1. The van der Waals surface area contributed by atoms with Crippen molar-refractivity contribution < 1.29 is 4.74 Å². The first-order chi connectivity index (χ1) is 3.93. The number of hydrogen-bond donors (Lipinski definition) is 1. The number of methoxy groups -OCH3 is 1. The van der Waals surface area contributed by atoms with Crippen LogP contribution < -0.4 is 5.32 Å². The Morgan fingerprint density at radius 3 is 2.89 bits per heavy atom. The van der Waals surface area contributed by atoms with Crippen LogP contribution >= 0.6 is 12.4 Å². The van der Waals surface area contributed by atoms with Gasteiger partial charge in [0, 0.05) is 13.7 Å². The summed E-state index contributed by atoms with van der Waals surface area (Å²) in [5, 5.41) is 3.28. The van der Waals surface area contributed by atoms with E-state index in [0.717, 1.165) is 19.1 Å².